The van der Waals surface area contributed by atoms with E-state index in [2.05, 4.69) is 0 Å². The van der Waals surface area contributed by atoms with Crippen LogP contribution in [0.3, 0.4) is 0 Å². The number of nitrogens with zero attached hydrogens (tertiary/aromatic N) is 1. The predicted octanol–water partition coefficient (Wildman–Crippen LogP) is 1.22. The number of thiazole rings is 1. The summed E-state index contributed by atoms with van der Waals surface area (Å²) in [7, 11) is 0. The summed E-state index contributed by atoms with van der Waals surface area (Å²) in [4.78, 5) is 21.9. The number of carboxylic acids is 2. The van der Waals surface area contributed by atoms with Crippen molar-refractivity contribution in [2.75, 3.05) is 0 Å². The van der Waals surface area contributed by atoms with Crippen molar-refractivity contribution in [2.24, 2.45) is 0 Å². The van der Waals surface area contributed by atoms with E-state index >= 15 is 0 Å². The van der Waals surface area contributed by atoms with E-state index < -0.39 is 48.3 Å². The summed E-state index contributed by atoms with van der Waals surface area (Å²) in [6.45, 7) is -0.812. The molecular weight excluding hydrogens is 339 g/mol. The Balaban J connectivity index is 2.49. The molecule has 1 aliphatic carbocycles. The Morgan fingerprint density at radius 2 is 1.96 bits per heavy atom. The lowest BCUT2D eigenvalue weighted by atomic mass is 10.0. The second-order valence-corrected chi connectivity index (χ2v) is 5.37. The number of aromatic nitrogens is 1. The molecule has 0 saturated heterocycles. The molecule has 124 valence electrons. The third-order valence-electron chi connectivity index (χ3n) is 3.16. The molecule has 1 heterocycles. The summed E-state index contributed by atoms with van der Waals surface area (Å²) >= 11 is 0.651. The van der Waals surface area contributed by atoms with Crippen molar-refractivity contribution >= 4 is 23.3 Å². The van der Waals surface area contributed by atoms with Crippen LogP contribution in [0.15, 0.2) is 29.3 Å². The Morgan fingerprint density at radius 1 is 1.35 bits per heavy atom. The van der Waals surface area contributed by atoms with Crippen LogP contribution < -0.4 is 4.57 Å². The first-order valence-corrected chi connectivity index (χ1v) is 7.00. The number of aliphatic hydroxyl groups is 1. The van der Waals surface area contributed by atoms with Crippen molar-refractivity contribution < 1.29 is 42.6 Å². The summed E-state index contributed by atoms with van der Waals surface area (Å²) in [5.74, 6) is -8.33. The van der Waals surface area contributed by atoms with Crippen LogP contribution in [-0.2, 0) is 16.2 Å². The molecule has 1 aromatic heterocycles. The highest BCUT2D eigenvalue weighted by Gasteiger charge is 2.40. The lowest BCUT2D eigenvalue weighted by Gasteiger charge is -2.20. The van der Waals surface area contributed by atoms with Crippen molar-refractivity contribution in [3.63, 3.8) is 0 Å². The van der Waals surface area contributed by atoms with Gasteiger partial charge in [0.1, 0.15) is 33.8 Å². The number of halogens is 3. The fraction of sp³-hybridized carbons (Fsp3) is 0.231. The van der Waals surface area contributed by atoms with Gasteiger partial charge in [0.25, 0.3) is 0 Å². The molecule has 10 heteroatoms. The maximum atomic E-state index is 13.9. The van der Waals surface area contributed by atoms with Crippen LogP contribution in [0.5, 0.6) is 0 Å². The van der Waals surface area contributed by atoms with Crippen LogP contribution in [0.25, 0.3) is 0 Å². The molecule has 0 saturated carbocycles. The van der Waals surface area contributed by atoms with E-state index in [1.54, 1.807) is 0 Å². The molecule has 23 heavy (non-hydrogen) atoms. The molecule has 1 atom stereocenters. The first-order chi connectivity index (χ1) is 10.8. The van der Waals surface area contributed by atoms with Crippen LogP contribution in [0.4, 0.5) is 13.2 Å². The van der Waals surface area contributed by atoms with Crippen LogP contribution >= 0.6 is 11.3 Å². The molecular formula is C13H10F3NO5S. The second-order valence-electron chi connectivity index (χ2n) is 4.49. The fourth-order valence-corrected chi connectivity index (χ4v) is 3.18. The highest BCUT2D eigenvalue weighted by molar-refractivity contribution is 7.09. The average molecular weight is 349 g/mol. The number of aliphatic hydroxyl groups excluding tert-OH is 1. The highest BCUT2D eigenvalue weighted by Crippen LogP contribution is 2.31. The summed E-state index contributed by atoms with van der Waals surface area (Å²) in [6.07, 6.45) is -0.848. The third-order valence-corrected chi connectivity index (χ3v) is 4.20. The van der Waals surface area contributed by atoms with E-state index in [-0.39, 0.29) is 10.6 Å². The molecule has 3 N–H and O–H groups in total. The van der Waals surface area contributed by atoms with Crippen molar-refractivity contribution in [3.8, 4) is 0 Å². The van der Waals surface area contributed by atoms with Crippen molar-refractivity contribution in [3.05, 3.63) is 45.9 Å². The lowest BCUT2D eigenvalue weighted by Crippen LogP contribution is -2.47. The Hall–Kier alpha value is -2.33. The topological polar surface area (TPSA) is 98.7 Å². The van der Waals surface area contributed by atoms with Gasteiger partial charge >= 0.3 is 17.4 Å². The van der Waals surface area contributed by atoms with Gasteiger partial charge in [0.15, 0.2) is 11.7 Å². The highest BCUT2D eigenvalue weighted by atomic mass is 32.1. The molecule has 0 spiro atoms. The molecule has 0 radical (unpaired) electrons. The monoisotopic (exact) mass is 349 g/mol. The molecule has 0 amide bonds. The second kappa shape index (κ2) is 6.42. The van der Waals surface area contributed by atoms with Crippen LogP contribution in [-0.4, -0.2) is 33.4 Å². The SMILES string of the molecule is O=C(O)C(C(=O)O)[c-]1[s+]c[n+]([C-]2C=CC(F)=C(F)C2F)c1CO. The Morgan fingerprint density at radius 3 is 2.48 bits per heavy atom. The van der Waals surface area contributed by atoms with Gasteiger partial charge in [0, 0.05) is 0 Å². The summed E-state index contributed by atoms with van der Waals surface area (Å²) < 4.78 is 41.2. The van der Waals surface area contributed by atoms with Gasteiger partial charge < -0.3 is 15.3 Å². The van der Waals surface area contributed by atoms with Gasteiger partial charge in [-0.25, -0.2) is 17.7 Å². The third kappa shape index (κ3) is 2.94. The van der Waals surface area contributed by atoms with E-state index in [0.29, 0.717) is 17.4 Å². The first kappa shape index (κ1) is 17.0. The summed E-state index contributed by atoms with van der Waals surface area (Å²) in [5, 5.41) is 27.4. The van der Waals surface area contributed by atoms with Gasteiger partial charge in [-0.2, -0.15) is 0 Å². The molecule has 0 aromatic carbocycles. The van der Waals surface area contributed by atoms with Crippen molar-refractivity contribution in [1.29, 1.82) is 0 Å². The minimum atomic E-state index is -2.45. The molecule has 1 unspecified atom stereocenters. The van der Waals surface area contributed by atoms with E-state index in [0.717, 1.165) is 16.2 Å². The van der Waals surface area contributed by atoms with Gasteiger partial charge in [-0.3, -0.25) is 9.59 Å². The quantitative estimate of drug-likeness (QED) is 0.321. The van der Waals surface area contributed by atoms with E-state index in [4.69, 9.17) is 10.2 Å². The number of hydrogen-bond acceptors (Lipinski definition) is 3. The van der Waals surface area contributed by atoms with E-state index in [1.165, 1.54) is 0 Å². The minimum Gasteiger partial charge on any atom is -0.481 e. The molecule has 0 bridgehead atoms. The number of hydrogen-bond donors (Lipinski definition) is 3. The number of rotatable bonds is 5. The zero-order valence-corrected chi connectivity index (χ0v) is 12.1. The molecule has 0 fully saturated rings. The molecule has 0 aliphatic heterocycles. The zero-order valence-electron chi connectivity index (χ0n) is 11.2. The number of carbonyl (C=O) groups is 2. The van der Waals surface area contributed by atoms with E-state index in [1.807, 2.05) is 0 Å². The zero-order chi connectivity index (χ0) is 17.3. The Kier molecular flexibility index (Phi) is 4.76. The normalized spacial score (nSPS) is 18.0. The number of alkyl halides is 1. The minimum absolute atomic E-state index is 0.220. The average Bonchev–Trinajstić information content (AvgIpc) is 2.87. The van der Waals surface area contributed by atoms with Crippen molar-refractivity contribution in [1.82, 2.24) is 0 Å². The molecule has 1 aliphatic rings. The van der Waals surface area contributed by atoms with Crippen molar-refractivity contribution in [2.45, 2.75) is 18.7 Å². The van der Waals surface area contributed by atoms with Crippen LogP contribution in [0, 0.1) is 6.04 Å². The standard InChI is InChI=1S/C13H10F3NO5S/c14-5-1-2-6(10(16)9(5)15)17-4-23-11(7(17)3-18)8(12(19)20)13(21)22/h1-2,4,8,10,18H,3H2,(H,19,20)(H,21,22). The van der Waals surface area contributed by atoms with Gasteiger partial charge in [0.05, 0.1) is 6.61 Å². The Bertz CT molecular complexity index is 700. The van der Waals surface area contributed by atoms with E-state index in [9.17, 15) is 27.9 Å². The Labute approximate surface area is 131 Å². The lowest BCUT2D eigenvalue weighted by molar-refractivity contribution is -0.660. The van der Waals surface area contributed by atoms with Crippen LogP contribution in [0.2, 0.25) is 0 Å². The number of carboxylic acid groups (broad SMARTS) is 2. The fourth-order valence-electron chi connectivity index (χ4n) is 2.07. The van der Waals surface area contributed by atoms with Gasteiger partial charge in [-0.15, -0.1) is 0 Å². The maximum absolute atomic E-state index is 13.9. The molecule has 2 rings (SSSR count). The van der Waals surface area contributed by atoms with Gasteiger partial charge in [0.2, 0.25) is 6.17 Å². The summed E-state index contributed by atoms with van der Waals surface area (Å²) in [6, 6.07) is -0.398. The van der Waals surface area contributed by atoms with Gasteiger partial charge in [-0.1, -0.05) is 12.2 Å². The maximum Gasteiger partial charge on any atom is 0.332 e. The number of allylic oxidation sites excluding steroid dienone is 4. The molecule has 1 aromatic rings. The molecule has 6 nitrogen and oxygen atoms in total. The summed E-state index contributed by atoms with van der Waals surface area (Å²) in [5.41, 5.74) is 0.907. The van der Waals surface area contributed by atoms with Crippen LogP contribution in [0.1, 0.15) is 16.5 Å². The number of aliphatic carboxylic acids is 2. The smallest absolute Gasteiger partial charge is 0.332 e. The largest absolute Gasteiger partial charge is 0.481 e. The van der Waals surface area contributed by atoms with Gasteiger partial charge in [-0.05, 0) is 0 Å². The predicted molar refractivity (Wildman–Crippen MR) is 70.4 cm³/mol. The first-order valence-electron chi connectivity index (χ1n) is 6.12.